The van der Waals surface area contributed by atoms with E-state index in [1.54, 1.807) is 0 Å². The van der Waals surface area contributed by atoms with Gasteiger partial charge in [-0.15, -0.1) is 0 Å². The molecule has 1 amide bonds. The minimum atomic E-state index is -1.31. The molecular weight excluding hydrogens is 198 g/mol. The van der Waals surface area contributed by atoms with Crippen molar-refractivity contribution in [2.75, 3.05) is 13.2 Å². The van der Waals surface area contributed by atoms with Crippen molar-refractivity contribution in [2.45, 2.75) is 12.5 Å². The molecule has 1 unspecified atom stereocenters. The van der Waals surface area contributed by atoms with E-state index in [-0.39, 0.29) is 12.5 Å². The molecule has 15 heavy (non-hydrogen) atoms. The molecule has 0 saturated carbocycles. The Balaban J connectivity index is 2.51. The maximum absolute atomic E-state index is 11.4. The van der Waals surface area contributed by atoms with Crippen LogP contribution >= 0.6 is 0 Å². The standard InChI is InChI=1S/C9H13N3O3/c1-9(15,6-13)5-10-8(14)7-2-3-11-12-4-7/h2-4,13,15H,5-6H2,1H3,(H,10,14). The molecule has 0 spiro atoms. The molecule has 0 fully saturated rings. The summed E-state index contributed by atoms with van der Waals surface area (Å²) in [6, 6.07) is 1.51. The highest BCUT2D eigenvalue weighted by Gasteiger charge is 2.20. The van der Waals surface area contributed by atoms with Gasteiger partial charge in [0.15, 0.2) is 0 Å². The van der Waals surface area contributed by atoms with E-state index in [1.807, 2.05) is 0 Å². The van der Waals surface area contributed by atoms with Crippen LogP contribution in [0.3, 0.4) is 0 Å². The highest BCUT2D eigenvalue weighted by Crippen LogP contribution is 2.00. The van der Waals surface area contributed by atoms with Gasteiger partial charge in [-0.2, -0.15) is 10.2 Å². The number of amides is 1. The first-order valence-corrected chi connectivity index (χ1v) is 4.43. The smallest absolute Gasteiger partial charge is 0.253 e. The van der Waals surface area contributed by atoms with Gasteiger partial charge in [-0.25, -0.2) is 0 Å². The summed E-state index contributed by atoms with van der Waals surface area (Å²) in [7, 11) is 0. The molecule has 0 radical (unpaired) electrons. The largest absolute Gasteiger partial charge is 0.393 e. The van der Waals surface area contributed by atoms with Gasteiger partial charge >= 0.3 is 0 Å². The van der Waals surface area contributed by atoms with Crippen molar-refractivity contribution < 1.29 is 15.0 Å². The van der Waals surface area contributed by atoms with Gasteiger partial charge in [-0.3, -0.25) is 4.79 Å². The first-order chi connectivity index (χ1) is 7.05. The number of rotatable bonds is 4. The Bertz CT molecular complexity index is 327. The molecule has 1 heterocycles. The Labute approximate surface area is 87.0 Å². The lowest BCUT2D eigenvalue weighted by molar-refractivity contribution is 0.00320. The van der Waals surface area contributed by atoms with Gasteiger partial charge in [-0.05, 0) is 13.0 Å². The molecule has 1 rings (SSSR count). The first-order valence-electron chi connectivity index (χ1n) is 4.43. The quantitative estimate of drug-likeness (QED) is 0.590. The van der Waals surface area contributed by atoms with Crippen molar-refractivity contribution in [3.8, 4) is 0 Å². The molecule has 0 aliphatic heterocycles. The number of carbonyl (C=O) groups is 1. The van der Waals surface area contributed by atoms with Gasteiger partial charge in [-0.1, -0.05) is 0 Å². The molecule has 1 aromatic heterocycles. The van der Waals surface area contributed by atoms with Crippen LogP contribution in [0.15, 0.2) is 18.5 Å². The summed E-state index contributed by atoms with van der Waals surface area (Å²) in [5, 5.41) is 27.7. The van der Waals surface area contributed by atoms with Crippen LogP contribution in [0, 0.1) is 0 Å². The number of aliphatic hydroxyl groups excluding tert-OH is 1. The third-order valence-electron chi connectivity index (χ3n) is 1.82. The second kappa shape index (κ2) is 4.81. The first kappa shape index (κ1) is 11.5. The van der Waals surface area contributed by atoms with Crippen LogP contribution in [-0.4, -0.2) is 45.1 Å². The van der Waals surface area contributed by atoms with Gasteiger partial charge in [0.2, 0.25) is 0 Å². The van der Waals surface area contributed by atoms with Crippen molar-refractivity contribution in [3.63, 3.8) is 0 Å². The number of aromatic nitrogens is 2. The molecule has 1 aromatic rings. The summed E-state index contributed by atoms with van der Waals surface area (Å²) in [5.74, 6) is -0.362. The van der Waals surface area contributed by atoms with Gasteiger partial charge in [0.25, 0.3) is 5.91 Å². The molecule has 3 N–H and O–H groups in total. The maximum Gasteiger partial charge on any atom is 0.253 e. The topological polar surface area (TPSA) is 95.3 Å². The highest BCUT2D eigenvalue weighted by molar-refractivity contribution is 5.93. The van der Waals surface area contributed by atoms with Crippen LogP contribution in [-0.2, 0) is 0 Å². The number of aliphatic hydroxyl groups is 2. The zero-order chi connectivity index (χ0) is 11.3. The lowest BCUT2D eigenvalue weighted by Crippen LogP contribution is -2.43. The van der Waals surface area contributed by atoms with Gasteiger partial charge in [0, 0.05) is 6.54 Å². The summed E-state index contributed by atoms with van der Waals surface area (Å²) in [6.45, 7) is 0.991. The second-order valence-electron chi connectivity index (χ2n) is 3.47. The molecule has 0 saturated heterocycles. The van der Waals surface area contributed by atoms with Crippen LogP contribution in [0.25, 0.3) is 0 Å². The molecule has 0 aromatic carbocycles. The van der Waals surface area contributed by atoms with Crippen LogP contribution in [0.2, 0.25) is 0 Å². The fourth-order valence-electron chi connectivity index (χ4n) is 0.854. The number of hydrogen-bond acceptors (Lipinski definition) is 5. The third kappa shape index (κ3) is 3.61. The van der Waals surface area contributed by atoms with Crippen LogP contribution < -0.4 is 5.32 Å². The van der Waals surface area contributed by atoms with E-state index in [0.717, 1.165) is 0 Å². The minimum Gasteiger partial charge on any atom is -0.393 e. The van der Waals surface area contributed by atoms with E-state index in [0.29, 0.717) is 5.56 Å². The average Bonchev–Trinajstić information content (AvgIpc) is 2.27. The van der Waals surface area contributed by atoms with Gasteiger partial charge < -0.3 is 15.5 Å². The summed E-state index contributed by atoms with van der Waals surface area (Å²) >= 11 is 0. The Morgan fingerprint density at radius 1 is 1.60 bits per heavy atom. The predicted octanol–water partition coefficient (Wildman–Crippen LogP) is -1.05. The van der Waals surface area contributed by atoms with Crippen molar-refractivity contribution >= 4 is 5.91 Å². The molecule has 6 nitrogen and oxygen atoms in total. The van der Waals surface area contributed by atoms with E-state index in [4.69, 9.17) is 5.11 Å². The summed E-state index contributed by atoms with van der Waals surface area (Å²) < 4.78 is 0. The Morgan fingerprint density at radius 2 is 2.33 bits per heavy atom. The lowest BCUT2D eigenvalue weighted by atomic mass is 10.1. The number of carbonyl (C=O) groups excluding carboxylic acids is 1. The number of nitrogens with one attached hydrogen (secondary N) is 1. The minimum absolute atomic E-state index is 0.0232. The summed E-state index contributed by atoms with van der Waals surface area (Å²) in [6.07, 6.45) is 2.72. The summed E-state index contributed by atoms with van der Waals surface area (Å²) in [4.78, 5) is 11.4. The van der Waals surface area contributed by atoms with Crippen LogP contribution in [0.5, 0.6) is 0 Å². The van der Waals surface area contributed by atoms with E-state index >= 15 is 0 Å². The molecule has 0 bridgehead atoms. The third-order valence-corrected chi connectivity index (χ3v) is 1.82. The Hall–Kier alpha value is -1.53. The van der Waals surface area contributed by atoms with E-state index in [9.17, 15) is 9.90 Å². The van der Waals surface area contributed by atoms with Crippen molar-refractivity contribution in [1.29, 1.82) is 0 Å². The van der Waals surface area contributed by atoms with E-state index in [2.05, 4.69) is 15.5 Å². The van der Waals surface area contributed by atoms with E-state index < -0.39 is 12.2 Å². The number of nitrogens with zero attached hydrogens (tertiary/aromatic N) is 2. The number of hydrogen-bond donors (Lipinski definition) is 3. The molecular formula is C9H13N3O3. The Morgan fingerprint density at radius 3 is 2.87 bits per heavy atom. The zero-order valence-electron chi connectivity index (χ0n) is 8.34. The predicted molar refractivity (Wildman–Crippen MR) is 52.1 cm³/mol. The van der Waals surface area contributed by atoms with Crippen LogP contribution in [0.1, 0.15) is 17.3 Å². The fourth-order valence-corrected chi connectivity index (χ4v) is 0.854. The van der Waals surface area contributed by atoms with Crippen molar-refractivity contribution in [1.82, 2.24) is 15.5 Å². The normalized spacial score (nSPS) is 14.3. The molecule has 1 atom stereocenters. The van der Waals surface area contributed by atoms with Gasteiger partial charge in [0.1, 0.15) is 5.60 Å². The SMILES string of the molecule is CC(O)(CO)CNC(=O)c1ccnnc1. The maximum atomic E-state index is 11.4. The van der Waals surface area contributed by atoms with Crippen molar-refractivity contribution in [2.24, 2.45) is 0 Å². The molecule has 82 valence electrons. The summed E-state index contributed by atoms with van der Waals surface area (Å²) in [5.41, 5.74) is -0.949. The van der Waals surface area contributed by atoms with Gasteiger partial charge in [0.05, 0.1) is 24.6 Å². The molecule has 0 aliphatic carbocycles. The Kier molecular flexibility index (Phi) is 3.70. The fraction of sp³-hybridized carbons (Fsp3) is 0.444. The molecule has 0 aliphatic rings. The van der Waals surface area contributed by atoms with Crippen molar-refractivity contribution in [3.05, 3.63) is 24.0 Å². The highest BCUT2D eigenvalue weighted by atomic mass is 16.3. The monoisotopic (exact) mass is 211 g/mol. The average molecular weight is 211 g/mol. The van der Waals surface area contributed by atoms with E-state index in [1.165, 1.54) is 25.4 Å². The lowest BCUT2D eigenvalue weighted by Gasteiger charge is -2.20. The zero-order valence-corrected chi connectivity index (χ0v) is 8.34. The second-order valence-corrected chi connectivity index (χ2v) is 3.47. The molecule has 6 heteroatoms. The van der Waals surface area contributed by atoms with Crippen LogP contribution in [0.4, 0.5) is 0 Å².